The summed E-state index contributed by atoms with van der Waals surface area (Å²) in [6.07, 6.45) is -0.354. The third kappa shape index (κ3) is 2.48. The molecule has 1 N–H and O–H groups in total. The zero-order valence-corrected chi connectivity index (χ0v) is 13.4. The smallest absolute Gasteiger partial charge is 0.265 e. The Morgan fingerprint density at radius 1 is 1.22 bits per heavy atom. The minimum Gasteiger partial charge on any atom is -0.388 e. The first kappa shape index (κ1) is 15.5. The second kappa shape index (κ2) is 5.69. The van der Waals surface area contributed by atoms with Gasteiger partial charge >= 0.3 is 0 Å². The van der Waals surface area contributed by atoms with E-state index in [9.17, 15) is 18.8 Å². The van der Waals surface area contributed by atoms with E-state index in [4.69, 9.17) is 0 Å². The van der Waals surface area contributed by atoms with E-state index in [0.717, 1.165) is 5.56 Å². The second-order valence-electron chi connectivity index (χ2n) is 5.50. The number of rotatable bonds is 2. The molecule has 5 nitrogen and oxygen atoms in total. The number of anilines is 1. The maximum atomic E-state index is 13.1. The number of aliphatic hydroxyl groups excluding tert-OH is 1. The summed E-state index contributed by atoms with van der Waals surface area (Å²) >= 11 is 0. The van der Waals surface area contributed by atoms with E-state index in [1.807, 2.05) is 19.1 Å². The van der Waals surface area contributed by atoms with Gasteiger partial charge in [0.05, 0.1) is 17.4 Å². The molecule has 0 bridgehead atoms. The van der Waals surface area contributed by atoms with Crippen molar-refractivity contribution in [3.8, 4) is 6.07 Å². The molecule has 0 saturated carbocycles. The molecular weight excluding hydrogens is 312 g/mol. The third-order valence-corrected chi connectivity index (χ3v) is 5.92. The fourth-order valence-electron chi connectivity index (χ4n) is 2.94. The second-order valence-corrected chi connectivity index (χ2v) is 7.33. The quantitative estimate of drug-likeness (QED) is 0.918. The summed E-state index contributed by atoms with van der Waals surface area (Å²) in [7, 11) is -3.86. The van der Waals surface area contributed by atoms with E-state index in [1.54, 1.807) is 24.3 Å². The molecule has 1 heterocycles. The Hall–Kier alpha value is -2.36. The van der Waals surface area contributed by atoms with Gasteiger partial charge in [-0.25, -0.2) is 8.42 Å². The highest BCUT2D eigenvalue weighted by Crippen LogP contribution is 2.39. The number of aryl methyl sites for hydroxylation is 1. The molecule has 1 aliphatic rings. The van der Waals surface area contributed by atoms with Crippen LogP contribution < -0.4 is 4.31 Å². The number of aliphatic hydroxyl groups is 1. The van der Waals surface area contributed by atoms with Gasteiger partial charge in [-0.05, 0) is 31.0 Å². The van der Waals surface area contributed by atoms with Crippen LogP contribution in [0.1, 0.15) is 29.2 Å². The van der Waals surface area contributed by atoms with E-state index in [0.29, 0.717) is 17.7 Å². The number of nitriles is 1. The van der Waals surface area contributed by atoms with Crippen LogP contribution in [0.4, 0.5) is 5.69 Å². The molecule has 3 rings (SSSR count). The summed E-state index contributed by atoms with van der Waals surface area (Å²) < 4.78 is 27.5. The largest absolute Gasteiger partial charge is 0.388 e. The number of nitrogens with zero attached hydrogens (tertiary/aromatic N) is 2. The summed E-state index contributed by atoms with van der Waals surface area (Å²) in [6, 6.07) is 13.5. The van der Waals surface area contributed by atoms with Gasteiger partial charge in [0.25, 0.3) is 10.0 Å². The SMILES string of the molecule is Cc1cccc2c1N(S(=O)(=O)c1ccccc1C#N)CCC2O. The molecule has 0 amide bonds. The van der Waals surface area contributed by atoms with Gasteiger partial charge in [-0.15, -0.1) is 0 Å². The molecule has 0 saturated heterocycles. The van der Waals surface area contributed by atoms with E-state index in [-0.39, 0.29) is 17.0 Å². The van der Waals surface area contributed by atoms with Gasteiger partial charge in [0.15, 0.2) is 0 Å². The van der Waals surface area contributed by atoms with Crippen LogP contribution in [0.15, 0.2) is 47.4 Å². The van der Waals surface area contributed by atoms with E-state index >= 15 is 0 Å². The molecule has 0 aliphatic carbocycles. The third-order valence-electron chi connectivity index (χ3n) is 4.06. The molecule has 23 heavy (non-hydrogen) atoms. The van der Waals surface area contributed by atoms with Gasteiger partial charge in [-0.3, -0.25) is 4.31 Å². The summed E-state index contributed by atoms with van der Waals surface area (Å²) in [4.78, 5) is -0.00640. The standard InChI is InChI=1S/C17H16N2O3S/c1-12-5-4-7-14-15(20)9-10-19(17(12)14)23(21,22)16-8-3-2-6-13(16)11-18/h2-8,15,20H,9-10H2,1H3. The monoisotopic (exact) mass is 328 g/mol. The van der Waals surface area contributed by atoms with Crippen molar-refractivity contribution in [2.24, 2.45) is 0 Å². The van der Waals surface area contributed by atoms with Crippen molar-refractivity contribution in [3.05, 3.63) is 59.2 Å². The van der Waals surface area contributed by atoms with Crippen LogP contribution in [0.2, 0.25) is 0 Å². The number of benzene rings is 2. The predicted octanol–water partition coefficient (Wildman–Crippen LogP) is 2.50. The van der Waals surface area contributed by atoms with E-state index < -0.39 is 16.1 Å². The van der Waals surface area contributed by atoms with Crippen molar-refractivity contribution in [1.82, 2.24) is 0 Å². The molecule has 6 heteroatoms. The molecule has 0 radical (unpaired) electrons. The van der Waals surface area contributed by atoms with Gasteiger partial charge in [-0.2, -0.15) is 5.26 Å². The number of sulfonamides is 1. The number of hydrogen-bond donors (Lipinski definition) is 1. The first-order valence-corrected chi connectivity index (χ1v) is 8.70. The first-order chi connectivity index (χ1) is 11.0. The summed E-state index contributed by atoms with van der Waals surface area (Å²) in [5, 5.41) is 19.4. The molecule has 2 aromatic carbocycles. The van der Waals surface area contributed by atoms with Crippen LogP contribution in [0, 0.1) is 18.3 Å². The Balaban J connectivity index is 2.21. The number of hydrogen-bond acceptors (Lipinski definition) is 4. The Bertz CT molecular complexity index is 900. The van der Waals surface area contributed by atoms with Crippen molar-refractivity contribution in [3.63, 3.8) is 0 Å². The molecule has 118 valence electrons. The Morgan fingerprint density at radius 2 is 1.96 bits per heavy atom. The van der Waals surface area contributed by atoms with Crippen LogP contribution in [0.25, 0.3) is 0 Å². The van der Waals surface area contributed by atoms with E-state index in [1.165, 1.54) is 16.4 Å². The van der Waals surface area contributed by atoms with Crippen LogP contribution in [-0.4, -0.2) is 20.1 Å². The van der Waals surface area contributed by atoms with Crippen LogP contribution in [0.3, 0.4) is 0 Å². The lowest BCUT2D eigenvalue weighted by molar-refractivity contribution is 0.166. The molecular formula is C17H16N2O3S. The molecule has 0 spiro atoms. The average molecular weight is 328 g/mol. The lowest BCUT2D eigenvalue weighted by Crippen LogP contribution is -2.37. The van der Waals surface area contributed by atoms with Crippen LogP contribution in [-0.2, 0) is 10.0 Å². The fourth-order valence-corrected chi connectivity index (χ4v) is 4.66. The highest BCUT2D eigenvalue weighted by atomic mass is 32.2. The Morgan fingerprint density at radius 3 is 2.70 bits per heavy atom. The molecule has 1 unspecified atom stereocenters. The topological polar surface area (TPSA) is 81.4 Å². The van der Waals surface area contributed by atoms with Gasteiger partial charge < -0.3 is 5.11 Å². The van der Waals surface area contributed by atoms with Crippen LogP contribution in [0.5, 0.6) is 0 Å². The maximum Gasteiger partial charge on any atom is 0.265 e. The number of para-hydroxylation sites is 1. The lowest BCUT2D eigenvalue weighted by atomic mass is 9.98. The summed E-state index contributed by atoms with van der Waals surface area (Å²) in [6.45, 7) is 2.00. The highest BCUT2D eigenvalue weighted by Gasteiger charge is 2.34. The lowest BCUT2D eigenvalue weighted by Gasteiger charge is -2.34. The fraction of sp³-hybridized carbons (Fsp3) is 0.235. The van der Waals surface area contributed by atoms with Crippen molar-refractivity contribution >= 4 is 15.7 Å². The summed E-state index contributed by atoms with van der Waals surface area (Å²) in [5.41, 5.74) is 2.02. The van der Waals surface area contributed by atoms with Gasteiger partial charge in [-0.1, -0.05) is 30.3 Å². The van der Waals surface area contributed by atoms with E-state index in [2.05, 4.69) is 0 Å². The Kier molecular flexibility index (Phi) is 3.84. The van der Waals surface area contributed by atoms with Crippen molar-refractivity contribution in [2.75, 3.05) is 10.8 Å². The van der Waals surface area contributed by atoms with Gasteiger partial charge in [0, 0.05) is 12.1 Å². The molecule has 0 aromatic heterocycles. The van der Waals surface area contributed by atoms with Gasteiger partial charge in [0.1, 0.15) is 11.0 Å². The summed E-state index contributed by atoms with van der Waals surface area (Å²) in [5.74, 6) is 0. The van der Waals surface area contributed by atoms with Crippen LogP contribution >= 0.6 is 0 Å². The minimum absolute atomic E-state index is 0.00640. The molecule has 1 aliphatic heterocycles. The number of fused-ring (bicyclic) bond motifs is 1. The van der Waals surface area contributed by atoms with Gasteiger partial charge in [0.2, 0.25) is 0 Å². The van der Waals surface area contributed by atoms with Crippen molar-refractivity contribution < 1.29 is 13.5 Å². The molecule has 2 aromatic rings. The van der Waals surface area contributed by atoms with Crippen molar-refractivity contribution in [2.45, 2.75) is 24.3 Å². The maximum absolute atomic E-state index is 13.1. The minimum atomic E-state index is -3.86. The highest BCUT2D eigenvalue weighted by molar-refractivity contribution is 7.93. The molecule has 1 atom stereocenters. The first-order valence-electron chi connectivity index (χ1n) is 7.26. The molecule has 0 fully saturated rings. The Labute approximate surface area is 135 Å². The predicted molar refractivity (Wildman–Crippen MR) is 86.4 cm³/mol. The van der Waals surface area contributed by atoms with Crippen molar-refractivity contribution in [1.29, 1.82) is 5.26 Å². The normalized spacial score (nSPS) is 17.4. The average Bonchev–Trinajstić information content (AvgIpc) is 2.55. The zero-order valence-electron chi connectivity index (χ0n) is 12.6. The zero-order chi connectivity index (χ0) is 16.6.